The molecule has 0 aliphatic rings. The van der Waals surface area contributed by atoms with E-state index in [9.17, 15) is 0 Å². The van der Waals surface area contributed by atoms with Crippen molar-refractivity contribution in [3.8, 4) is 5.88 Å². The standard InChI is InChI=1S/C8H11NO.2C2H6/c1-2-7-10-8-5-3-4-6-9-8;2*1-2/h3-6H,2,7H2,1H3;2*1-2H3. The minimum absolute atomic E-state index is 0.712. The molecule has 0 bridgehead atoms. The van der Waals surface area contributed by atoms with E-state index in [2.05, 4.69) is 11.9 Å². The van der Waals surface area contributed by atoms with Crippen LogP contribution in [-0.4, -0.2) is 11.6 Å². The van der Waals surface area contributed by atoms with Gasteiger partial charge in [0.15, 0.2) is 0 Å². The van der Waals surface area contributed by atoms with Gasteiger partial charge in [0.05, 0.1) is 6.61 Å². The van der Waals surface area contributed by atoms with Crippen LogP contribution in [0.15, 0.2) is 24.4 Å². The SMILES string of the molecule is CC.CC.CCCOc1ccccn1. The molecule has 0 aliphatic heterocycles. The molecule has 0 amide bonds. The molecule has 0 fully saturated rings. The van der Waals surface area contributed by atoms with Crippen molar-refractivity contribution in [2.45, 2.75) is 41.0 Å². The maximum atomic E-state index is 5.24. The molecule has 1 heterocycles. The molecule has 1 rings (SSSR count). The topological polar surface area (TPSA) is 22.1 Å². The van der Waals surface area contributed by atoms with E-state index in [0.717, 1.165) is 13.0 Å². The van der Waals surface area contributed by atoms with E-state index in [0.29, 0.717) is 5.88 Å². The van der Waals surface area contributed by atoms with E-state index in [1.807, 2.05) is 45.9 Å². The second-order valence-electron chi connectivity index (χ2n) is 2.02. The molecule has 0 aliphatic carbocycles. The van der Waals surface area contributed by atoms with Crippen LogP contribution in [-0.2, 0) is 0 Å². The van der Waals surface area contributed by atoms with Crippen LogP contribution in [0.3, 0.4) is 0 Å². The highest BCUT2D eigenvalue weighted by Crippen LogP contribution is 2.02. The highest BCUT2D eigenvalue weighted by molar-refractivity contribution is 5.08. The van der Waals surface area contributed by atoms with Gasteiger partial charge in [0, 0.05) is 12.3 Å². The summed E-state index contributed by atoms with van der Waals surface area (Å²) < 4.78 is 5.24. The normalized spacial score (nSPS) is 7.50. The summed E-state index contributed by atoms with van der Waals surface area (Å²) in [6, 6.07) is 5.65. The second kappa shape index (κ2) is 14.5. The molecule has 0 saturated heterocycles. The van der Waals surface area contributed by atoms with E-state index in [1.165, 1.54) is 0 Å². The first-order chi connectivity index (χ1) is 6.93. The largest absolute Gasteiger partial charge is 0.478 e. The molecule has 0 atom stereocenters. The first-order valence-corrected chi connectivity index (χ1v) is 5.47. The number of pyridine rings is 1. The van der Waals surface area contributed by atoms with Gasteiger partial charge in [-0.1, -0.05) is 40.7 Å². The Kier molecular flexibility index (Phi) is 15.9. The summed E-state index contributed by atoms with van der Waals surface area (Å²) in [6.07, 6.45) is 2.75. The Hall–Kier alpha value is -1.05. The van der Waals surface area contributed by atoms with Crippen LogP contribution in [0.5, 0.6) is 5.88 Å². The highest BCUT2D eigenvalue weighted by Gasteiger charge is 1.88. The van der Waals surface area contributed by atoms with Gasteiger partial charge >= 0.3 is 0 Å². The van der Waals surface area contributed by atoms with Crippen molar-refractivity contribution in [2.24, 2.45) is 0 Å². The molecule has 14 heavy (non-hydrogen) atoms. The summed E-state index contributed by atoms with van der Waals surface area (Å²) in [4.78, 5) is 3.99. The van der Waals surface area contributed by atoms with Crippen molar-refractivity contribution < 1.29 is 4.74 Å². The third-order valence-electron chi connectivity index (χ3n) is 1.09. The van der Waals surface area contributed by atoms with Crippen LogP contribution >= 0.6 is 0 Å². The molecule has 0 radical (unpaired) electrons. The van der Waals surface area contributed by atoms with Crippen LogP contribution in [0.4, 0.5) is 0 Å². The third kappa shape index (κ3) is 9.04. The average Bonchev–Trinajstić information content (AvgIpc) is 2.33. The van der Waals surface area contributed by atoms with E-state index in [1.54, 1.807) is 6.20 Å². The molecule has 0 aromatic carbocycles. The predicted octanol–water partition coefficient (Wildman–Crippen LogP) is 3.92. The van der Waals surface area contributed by atoms with E-state index < -0.39 is 0 Å². The van der Waals surface area contributed by atoms with Crippen LogP contribution in [0, 0.1) is 0 Å². The van der Waals surface area contributed by atoms with E-state index in [-0.39, 0.29) is 0 Å². The number of hydrogen-bond acceptors (Lipinski definition) is 2. The Morgan fingerprint density at radius 1 is 1.14 bits per heavy atom. The van der Waals surface area contributed by atoms with Gasteiger partial charge in [-0.2, -0.15) is 0 Å². The zero-order valence-corrected chi connectivity index (χ0v) is 10.1. The van der Waals surface area contributed by atoms with Gasteiger partial charge < -0.3 is 4.74 Å². The van der Waals surface area contributed by atoms with Crippen molar-refractivity contribution in [1.82, 2.24) is 4.98 Å². The zero-order valence-electron chi connectivity index (χ0n) is 10.1. The van der Waals surface area contributed by atoms with Gasteiger partial charge in [0.1, 0.15) is 0 Å². The fraction of sp³-hybridized carbons (Fsp3) is 0.583. The lowest BCUT2D eigenvalue weighted by Crippen LogP contribution is -1.95. The molecule has 2 heteroatoms. The molecule has 0 N–H and O–H groups in total. The lowest BCUT2D eigenvalue weighted by Gasteiger charge is -2.00. The molecule has 1 aromatic heterocycles. The Morgan fingerprint density at radius 2 is 1.79 bits per heavy atom. The van der Waals surface area contributed by atoms with Crippen LogP contribution in [0.1, 0.15) is 41.0 Å². The van der Waals surface area contributed by atoms with E-state index in [4.69, 9.17) is 4.74 Å². The number of hydrogen-bond donors (Lipinski definition) is 0. The summed E-state index contributed by atoms with van der Waals surface area (Å²) in [6.45, 7) is 10.8. The second-order valence-corrected chi connectivity index (χ2v) is 2.02. The summed E-state index contributed by atoms with van der Waals surface area (Å²) in [5.74, 6) is 0.712. The molecule has 2 nitrogen and oxygen atoms in total. The predicted molar refractivity (Wildman–Crippen MR) is 62.7 cm³/mol. The van der Waals surface area contributed by atoms with Gasteiger partial charge in [0.2, 0.25) is 5.88 Å². The van der Waals surface area contributed by atoms with Crippen LogP contribution in [0.2, 0.25) is 0 Å². The molecule has 82 valence electrons. The average molecular weight is 197 g/mol. The summed E-state index contributed by atoms with van der Waals surface area (Å²) in [5.41, 5.74) is 0. The maximum absolute atomic E-state index is 5.24. The molecular formula is C12H23NO. The van der Waals surface area contributed by atoms with Gasteiger partial charge in [-0.05, 0) is 12.5 Å². The van der Waals surface area contributed by atoms with Crippen molar-refractivity contribution in [3.05, 3.63) is 24.4 Å². The van der Waals surface area contributed by atoms with Crippen molar-refractivity contribution in [3.63, 3.8) is 0 Å². The van der Waals surface area contributed by atoms with Gasteiger partial charge in [-0.15, -0.1) is 0 Å². The molecule has 1 aromatic rings. The number of nitrogens with zero attached hydrogens (tertiary/aromatic N) is 1. The number of rotatable bonds is 3. The molecule has 0 spiro atoms. The first-order valence-electron chi connectivity index (χ1n) is 5.47. The first kappa shape index (κ1) is 15.4. The van der Waals surface area contributed by atoms with Gasteiger partial charge in [0.25, 0.3) is 0 Å². The van der Waals surface area contributed by atoms with Crippen LogP contribution < -0.4 is 4.74 Å². The smallest absolute Gasteiger partial charge is 0.213 e. The fourth-order valence-electron chi connectivity index (χ4n) is 0.639. The lowest BCUT2D eigenvalue weighted by atomic mass is 10.5. The number of aromatic nitrogens is 1. The summed E-state index contributed by atoms with van der Waals surface area (Å²) in [7, 11) is 0. The Morgan fingerprint density at radius 3 is 2.21 bits per heavy atom. The highest BCUT2D eigenvalue weighted by atomic mass is 16.5. The summed E-state index contributed by atoms with van der Waals surface area (Å²) in [5, 5.41) is 0. The van der Waals surface area contributed by atoms with Crippen molar-refractivity contribution in [1.29, 1.82) is 0 Å². The van der Waals surface area contributed by atoms with Crippen molar-refractivity contribution in [2.75, 3.05) is 6.61 Å². The zero-order chi connectivity index (χ0) is 11.2. The minimum Gasteiger partial charge on any atom is -0.478 e. The summed E-state index contributed by atoms with van der Waals surface area (Å²) >= 11 is 0. The lowest BCUT2D eigenvalue weighted by molar-refractivity contribution is 0.305. The van der Waals surface area contributed by atoms with Gasteiger partial charge in [-0.25, -0.2) is 4.98 Å². The molecule has 0 saturated carbocycles. The quantitative estimate of drug-likeness (QED) is 0.732. The monoisotopic (exact) mass is 197 g/mol. The fourth-order valence-corrected chi connectivity index (χ4v) is 0.639. The molecule has 0 unspecified atom stereocenters. The van der Waals surface area contributed by atoms with Gasteiger partial charge in [-0.3, -0.25) is 0 Å². The Labute approximate surface area is 88.3 Å². The Bertz CT molecular complexity index is 175. The van der Waals surface area contributed by atoms with Crippen LogP contribution in [0.25, 0.3) is 0 Å². The van der Waals surface area contributed by atoms with Crippen molar-refractivity contribution >= 4 is 0 Å². The van der Waals surface area contributed by atoms with E-state index >= 15 is 0 Å². The minimum atomic E-state index is 0.712. The molecular weight excluding hydrogens is 174 g/mol. The Balaban J connectivity index is 0. The number of ether oxygens (including phenoxy) is 1. The third-order valence-corrected chi connectivity index (χ3v) is 1.09. The maximum Gasteiger partial charge on any atom is 0.213 e.